The lowest BCUT2D eigenvalue weighted by molar-refractivity contribution is -0.126. The number of carbonyl (C=O) groups is 1. The molecule has 1 aromatic rings. The molecule has 5 heteroatoms. The van der Waals surface area contributed by atoms with Gasteiger partial charge in [-0.2, -0.15) is 0 Å². The van der Waals surface area contributed by atoms with Gasteiger partial charge in [0.25, 0.3) is 0 Å². The first-order valence-corrected chi connectivity index (χ1v) is 6.18. The Balaban J connectivity index is 2.81. The van der Waals surface area contributed by atoms with Crippen molar-refractivity contribution in [1.29, 1.82) is 0 Å². The van der Waals surface area contributed by atoms with Gasteiger partial charge in [0.2, 0.25) is 5.91 Å². The van der Waals surface area contributed by atoms with Crippen LogP contribution in [0.15, 0.2) is 18.2 Å². The van der Waals surface area contributed by atoms with Crippen molar-refractivity contribution >= 4 is 23.2 Å². The average molecular weight is 271 g/mol. The van der Waals surface area contributed by atoms with E-state index < -0.39 is 0 Å². The van der Waals surface area contributed by atoms with E-state index in [4.69, 9.17) is 16.3 Å². The van der Waals surface area contributed by atoms with Crippen molar-refractivity contribution in [1.82, 2.24) is 4.90 Å². The van der Waals surface area contributed by atoms with Crippen molar-refractivity contribution in [2.24, 2.45) is 0 Å². The van der Waals surface area contributed by atoms with E-state index >= 15 is 0 Å². The molecule has 0 aliphatic heterocycles. The number of amides is 1. The zero-order valence-electron chi connectivity index (χ0n) is 11.2. The molecule has 0 saturated heterocycles. The Labute approximate surface area is 113 Å². The predicted octanol–water partition coefficient (Wildman–Crippen LogP) is 2.63. The summed E-state index contributed by atoms with van der Waals surface area (Å²) in [5.41, 5.74) is 0.728. The molecule has 1 rings (SSSR count). The lowest BCUT2D eigenvalue weighted by Crippen LogP contribution is -2.28. The van der Waals surface area contributed by atoms with Crippen molar-refractivity contribution in [3.8, 4) is 5.75 Å². The Kier molecular flexibility index (Phi) is 5.28. The Morgan fingerprint density at radius 3 is 2.67 bits per heavy atom. The highest BCUT2D eigenvalue weighted by Gasteiger charge is 2.11. The number of ether oxygens (including phenoxy) is 1. The number of likely N-dealkylation sites (N-methyl/N-ethyl adjacent to an activating group) is 1. The minimum absolute atomic E-state index is 0.00882. The Morgan fingerprint density at radius 1 is 1.44 bits per heavy atom. The van der Waals surface area contributed by atoms with Gasteiger partial charge in [-0.05, 0) is 26.0 Å². The molecule has 1 amide bonds. The second-order valence-corrected chi connectivity index (χ2v) is 4.83. The Bertz CT molecular complexity index is 419. The standard InChI is InChI=1S/C13H19ClN2O2/c1-9(2)18-13-10(14)6-5-7-11(13)15-8-12(17)16(3)4/h5-7,9,15H,8H2,1-4H3. The molecule has 100 valence electrons. The Hall–Kier alpha value is -1.42. The van der Waals surface area contributed by atoms with Gasteiger partial charge < -0.3 is 15.0 Å². The van der Waals surface area contributed by atoms with Crippen LogP contribution in [0.2, 0.25) is 5.02 Å². The number of nitrogens with zero attached hydrogens (tertiary/aromatic N) is 1. The number of hydrogen-bond acceptors (Lipinski definition) is 3. The van der Waals surface area contributed by atoms with Gasteiger partial charge in [-0.15, -0.1) is 0 Å². The molecule has 0 unspecified atom stereocenters. The maximum Gasteiger partial charge on any atom is 0.241 e. The predicted molar refractivity (Wildman–Crippen MR) is 74.4 cm³/mol. The van der Waals surface area contributed by atoms with Gasteiger partial charge in [-0.1, -0.05) is 17.7 Å². The molecule has 0 spiro atoms. The molecule has 0 aliphatic carbocycles. The van der Waals surface area contributed by atoms with Crippen LogP contribution >= 0.6 is 11.6 Å². The fourth-order valence-electron chi connectivity index (χ4n) is 1.33. The van der Waals surface area contributed by atoms with Crippen LogP contribution in [0.3, 0.4) is 0 Å². The van der Waals surface area contributed by atoms with E-state index in [9.17, 15) is 4.79 Å². The highest BCUT2D eigenvalue weighted by molar-refractivity contribution is 6.32. The molecule has 1 aromatic carbocycles. The first kappa shape index (κ1) is 14.6. The molecule has 0 aliphatic rings. The molecule has 0 bridgehead atoms. The SMILES string of the molecule is CC(C)Oc1c(Cl)cccc1NCC(=O)N(C)C. The molecule has 0 aromatic heterocycles. The molecule has 1 N–H and O–H groups in total. The highest BCUT2D eigenvalue weighted by Crippen LogP contribution is 2.33. The van der Waals surface area contributed by atoms with E-state index in [0.717, 1.165) is 5.69 Å². The summed E-state index contributed by atoms with van der Waals surface area (Å²) < 4.78 is 5.65. The van der Waals surface area contributed by atoms with E-state index in [0.29, 0.717) is 10.8 Å². The van der Waals surface area contributed by atoms with Crippen molar-refractivity contribution in [3.05, 3.63) is 23.2 Å². The summed E-state index contributed by atoms with van der Waals surface area (Å²) in [5.74, 6) is 0.575. The van der Waals surface area contributed by atoms with Crippen molar-refractivity contribution in [3.63, 3.8) is 0 Å². The smallest absolute Gasteiger partial charge is 0.241 e. The van der Waals surface area contributed by atoms with Gasteiger partial charge in [0.05, 0.1) is 23.4 Å². The monoisotopic (exact) mass is 270 g/mol. The number of hydrogen-bond donors (Lipinski definition) is 1. The Morgan fingerprint density at radius 2 is 2.11 bits per heavy atom. The fraction of sp³-hybridized carbons (Fsp3) is 0.462. The minimum Gasteiger partial charge on any atom is -0.487 e. The fourth-order valence-corrected chi connectivity index (χ4v) is 1.55. The van der Waals surface area contributed by atoms with Crippen molar-refractivity contribution < 1.29 is 9.53 Å². The molecule has 4 nitrogen and oxygen atoms in total. The van der Waals surface area contributed by atoms with Crippen molar-refractivity contribution in [2.45, 2.75) is 20.0 Å². The third-order valence-corrected chi connectivity index (χ3v) is 2.55. The average Bonchev–Trinajstić information content (AvgIpc) is 2.28. The van der Waals surface area contributed by atoms with E-state index in [2.05, 4.69) is 5.32 Å². The van der Waals surface area contributed by atoms with E-state index in [1.165, 1.54) is 4.90 Å². The van der Waals surface area contributed by atoms with Crippen LogP contribution in [0.5, 0.6) is 5.75 Å². The number of halogens is 1. The quantitative estimate of drug-likeness (QED) is 0.894. The molecule has 0 radical (unpaired) electrons. The first-order valence-electron chi connectivity index (χ1n) is 5.81. The molecule has 0 saturated carbocycles. The molecular weight excluding hydrogens is 252 g/mol. The van der Waals surface area contributed by atoms with Crippen LogP contribution in [-0.2, 0) is 4.79 Å². The lowest BCUT2D eigenvalue weighted by Gasteiger charge is -2.17. The summed E-state index contributed by atoms with van der Waals surface area (Å²) in [7, 11) is 3.43. The van der Waals surface area contributed by atoms with Gasteiger partial charge >= 0.3 is 0 Å². The van der Waals surface area contributed by atoms with Gasteiger partial charge in [0.15, 0.2) is 5.75 Å². The number of nitrogens with one attached hydrogen (secondary N) is 1. The maximum absolute atomic E-state index is 11.5. The summed E-state index contributed by atoms with van der Waals surface area (Å²) in [5, 5.41) is 3.57. The summed E-state index contributed by atoms with van der Waals surface area (Å²) in [6.07, 6.45) is 0.0231. The zero-order chi connectivity index (χ0) is 13.7. The van der Waals surface area contributed by atoms with Crippen molar-refractivity contribution in [2.75, 3.05) is 26.0 Å². The number of anilines is 1. The molecule has 18 heavy (non-hydrogen) atoms. The topological polar surface area (TPSA) is 41.6 Å². The highest BCUT2D eigenvalue weighted by atomic mass is 35.5. The summed E-state index contributed by atoms with van der Waals surface area (Å²) in [6, 6.07) is 5.42. The van der Waals surface area contributed by atoms with Gasteiger partial charge in [0.1, 0.15) is 0 Å². The maximum atomic E-state index is 11.5. The normalized spacial score (nSPS) is 10.3. The number of carbonyl (C=O) groups excluding carboxylic acids is 1. The number of rotatable bonds is 5. The van der Waals surface area contributed by atoms with Crippen LogP contribution in [0.4, 0.5) is 5.69 Å². The van der Waals surface area contributed by atoms with Gasteiger partial charge in [-0.25, -0.2) is 0 Å². The van der Waals surface area contributed by atoms with Crippen LogP contribution in [-0.4, -0.2) is 37.6 Å². The number of para-hydroxylation sites is 1. The van der Waals surface area contributed by atoms with Crippen LogP contribution in [0.1, 0.15) is 13.8 Å². The van der Waals surface area contributed by atoms with Crippen LogP contribution in [0.25, 0.3) is 0 Å². The molecule has 0 fully saturated rings. The third kappa shape index (κ3) is 4.11. The van der Waals surface area contributed by atoms with Crippen LogP contribution < -0.4 is 10.1 Å². The van der Waals surface area contributed by atoms with E-state index in [-0.39, 0.29) is 18.6 Å². The van der Waals surface area contributed by atoms with Gasteiger partial charge in [0, 0.05) is 14.1 Å². The second kappa shape index (κ2) is 6.50. The molecular formula is C13H19ClN2O2. The summed E-state index contributed by atoms with van der Waals surface area (Å²) in [6.45, 7) is 4.07. The summed E-state index contributed by atoms with van der Waals surface area (Å²) in [4.78, 5) is 13.1. The summed E-state index contributed by atoms with van der Waals surface area (Å²) >= 11 is 6.09. The van der Waals surface area contributed by atoms with Gasteiger partial charge in [-0.3, -0.25) is 4.79 Å². The molecule has 0 heterocycles. The number of benzene rings is 1. The first-order chi connectivity index (χ1) is 8.41. The molecule has 0 atom stereocenters. The van der Waals surface area contributed by atoms with E-state index in [1.54, 1.807) is 20.2 Å². The van der Waals surface area contributed by atoms with E-state index in [1.807, 2.05) is 26.0 Å². The lowest BCUT2D eigenvalue weighted by atomic mass is 10.2. The van der Waals surface area contributed by atoms with Crippen LogP contribution in [0, 0.1) is 0 Å². The second-order valence-electron chi connectivity index (χ2n) is 4.42. The zero-order valence-corrected chi connectivity index (χ0v) is 11.9. The third-order valence-electron chi connectivity index (χ3n) is 2.25. The minimum atomic E-state index is -0.00882. The largest absolute Gasteiger partial charge is 0.487 e.